The Morgan fingerprint density at radius 1 is 1.04 bits per heavy atom. The van der Waals surface area contributed by atoms with Crippen LogP contribution in [0.25, 0.3) is 0 Å². The zero-order valence-electron chi connectivity index (χ0n) is 14.2. The number of ether oxygens (including phenoxy) is 2. The van der Waals surface area contributed by atoms with Gasteiger partial charge in [-0.25, -0.2) is 0 Å². The Bertz CT molecular complexity index is 720. The first-order valence-corrected chi connectivity index (χ1v) is 7.81. The van der Waals surface area contributed by atoms with Gasteiger partial charge < -0.3 is 20.1 Å². The third kappa shape index (κ3) is 5.80. The molecule has 0 aliphatic rings. The maximum absolute atomic E-state index is 12.0. The van der Waals surface area contributed by atoms with Crippen LogP contribution in [0.15, 0.2) is 42.6 Å². The highest BCUT2D eigenvalue weighted by molar-refractivity contribution is 5.94. The lowest BCUT2D eigenvalue weighted by Gasteiger charge is -2.11. The van der Waals surface area contributed by atoms with Gasteiger partial charge in [0.25, 0.3) is 0 Å². The average Bonchev–Trinajstić information content (AvgIpc) is 2.65. The molecular weight excluding hydrogens is 322 g/mol. The molecule has 0 saturated carbocycles. The molecule has 132 valence electrons. The number of amides is 2. The van der Waals surface area contributed by atoms with E-state index in [0.29, 0.717) is 23.7 Å². The molecule has 25 heavy (non-hydrogen) atoms. The molecule has 0 atom stereocenters. The van der Waals surface area contributed by atoms with Crippen LogP contribution in [0.5, 0.6) is 11.5 Å². The van der Waals surface area contributed by atoms with E-state index in [2.05, 4.69) is 15.6 Å². The molecule has 7 nitrogen and oxygen atoms in total. The van der Waals surface area contributed by atoms with Gasteiger partial charge in [-0.15, -0.1) is 0 Å². The molecule has 0 radical (unpaired) electrons. The second-order valence-corrected chi connectivity index (χ2v) is 5.21. The minimum absolute atomic E-state index is 0.0727. The van der Waals surface area contributed by atoms with Crippen molar-refractivity contribution in [1.29, 1.82) is 0 Å². The number of nitrogens with one attached hydrogen (secondary N) is 2. The molecule has 1 aromatic heterocycles. The predicted molar refractivity (Wildman–Crippen MR) is 93.5 cm³/mol. The Kier molecular flexibility index (Phi) is 6.76. The number of carbonyl (C=O) groups excluding carboxylic acids is 2. The van der Waals surface area contributed by atoms with Crippen LogP contribution in [0.1, 0.15) is 18.5 Å². The van der Waals surface area contributed by atoms with Gasteiger partial charge in [0, 0.05) is 25.1 Å². The lowest BCUT2D eigenvalue weighted by molar-refractivity contribution is -0.124. The second-order valence-electron chi connectivity index (χ2n) is 5.21. The first-order chi connectivity index (χ1) is 12.1. The van der Waals surface area contributed by atoms with Crippen LogP contribution in [-0.4, -0.2) is 31.0 Å². The topological polar surface area (TPSA) is 89.5 Å². The second kappa shape index (κ2) is 9.27. The number of methoxy groups -OCH3 is 2. The monoisotopic (exact) mass is 343 g/mol. The molecule has 7 heteroatoms. The van der Waals surface area contributed by atoms with Crippen molar-refractivity contribution in [2.75, 3.05) is 19.5 Å². The van der Waals surface area contributed by atoms with E-state index in [1.807, 2.05) is 18.2 Å². The van der Waals surface area contributed by atoms with Gasteiger partial charge in [0.05, 0.1) is 32.1 Å². The van der Waals surface area contributed by atoms with Crippen molar-refractivity contribution in [2.45, 2.75) is 19.4 Å². The van der Waals surface area contributed by atoms with Crippen molar-refractivity contribution in [3.63, 3.8) is 0 Å². The first kappa shape index (κ1) is 18.3. The van der Waals surface area contributed by atoms with E-state index in [0.717, 1.165) is 5.69 Å². The fourth-order valence-corrected chi connectivity index (χ4v) is 2.12. The number of aromatic nitrogens is 1. The highest BCUT2D eigenvalue weighted by atomic mass is 16.5. The Morgan fingerprint density at radius 2 is 1.84 bits per heavy atom. The summed E-state index contributed by atoms with van der Waals surface area (Å²) in [5.41, 5.74) is 1.30. The van der Waals surface area contributed by atoms with Gasteiger partial charge in [-0.2, -0.15) is 0 Å². The van der Waals surface area contributed by atoms with E-state index in [-0.39, 0.29) is 24.7 Å². The largest absolute Gasteiger partial charge is 0.497 e. The van der Waals surface area contributed by atoms with Crippen molar-refractivity contribution in [3.05, 3.63) is 48.3 Å². The molecule has 2 aromatic rings. The summed E-state index contributed by atoms with van der Waals surface area (Å²) in [7, 11) is 3.06. The third-order valence-electron chi connectivity index (χ3n) is 3.45. The van der Waals surface area contributed by atoms with Crippen molar-refractivity contribution in [2.24, 2.45) is 0 Å². The standard InChI is InChI=1S/C18H21N3O4/c1-24-14-6-7-15(16(11-14)25-2)21-18(23)9-8-17(22)20-12-13-5-3-4-10-19-13/h3-7,10-11H,8-9,12H2,1-2H3,(H,20,22)(H,21,23). The molecule has 0 spiro atoms. The maximum Gasteiger partial charge on any atom is 0.224 e. The van der Waals surface area contributed by atoms with E-state index in [4.69, 9.17) is 9.47 Å². The highest BCUT2D eigenvalue weighted by Crippen LogP contribution is 2.29. The molecule has 2 N–H and O–H groups in total. The highest BCUT2D eigenvalue weighted by Gasteiger charge is 2.11. The average molecular weight is 343 g/mol. The van der Waals surface area contributed by atoms with Gasteiger partial charge in [-0.3, -0.25) is 14.6 Å². The van der Waals surface area contributed by atoms with E-state index < -0.39 is 0 Å². The Morgan fingerprint density at radius 3 is 2.52 bits per heavy atom. The summed E-state index contributed by atoms with van der Waals surface area (Å²) >= 11 is 0. The molecule has 0 fully saturated rings. The van der Waals surface area contributed by atoms with Crippen LogP contribution in [0, 0.1) is 0 Å². The minimum Gasteiger partial charge on any atom is -0.497 e. The summed E-state index contributed by atoms with van der Waals surface area (Å²) in [5.74, 6) is 0.648. The van der Waals surface area contributed by atoms with Crippen LogP contribution in [-0.2, 0) is 16.1 Å². The lowest BCUT2D eigenvalue weighted by Crippen LogP contribution is -2.24. The molecule has 0 aliphatic heterocycles. The molecular formula is C18H21N3O4. The van der Waals surface area contributed by atoms with Gasteiger partial charge in [0.15, 0.2) is 0 Å². The summed E-state index contributed by atoms with van der Waals surface area (Å²) in [4.78, 5) is 28.0. The number of rotatable bonds is 8. The SMILES string of the molecule is COc1ccc(NC(=O)CCC(=O)NCc2ccccn2)c(OC)c1. The molecule has 1 heterocycles. The van der Waals surface area contributed by atoms with Crippen molar-refractivity contribution >= 4 is 17.5 Å². The summed E-state index contributed by atoms with van der Waals surface area (Å²) in [5, 5.41) is 5.46. The van der Waals surface area contributed by atoms with Crippen LogP contribution in [0.2, 0.25) is 0 Å². The number of carbonyl (C=O) groups is 2. The molecule has 2 rings (SSSR count). The van der Waals surface area contributed by atoms with Gasteiger partial charge in [0.2, 0.25) is 11.8 Å². The van der Waals surface area contributed by atoms with Gasteiger partial charge in [0.1, 0.15) is 11.5 Å². The van der Waals surface area contributed by atoms with Crippen LogP contribution in [0.3, 0.4) is 0 Å². The Hall–Kier alpha value is -3.09. The number of hydrogen-bond donors (Lipinski definition) is 2. The fraction of sp³-hybridized carbons (Fsp3) is 0.278. The van der Waals surface area contributed by atoms with Gasteiger partial charge >= 0.3 is 0 Å². The quantitative estimate of drug-likeness (QED) is 0.766. The molecule has 2 amide bonds. The lowest BCUT2D eigenvalue weighted by atomic mass is 10.2. The van der Waals surface area contributed by atoms with E-state index >= 15 is 0 Å². The molecule has 0 bridgehead atoms. The summed E-state index contributed by atoms with van der Waals surface area (Å²) in [6.45, 7) is 0.341. The third-order valence-corrected chi connectivity index (χ3v) is 3.45. The number of benzene rings is 1. The Balaban J connectivity index is 1.79. The smallest absolute Gasteiger partial charge is 0.224 e. The summed E-state index contributed by atoms with van der Waals surface area (Å²) < 4.78 is 10.3. The van der Waals surface area contributed by atoms with Crippen molar-refractivity contribution < 1.29 is 19.1 Å². The minimum atomic E-state index is -0.267. The maximum atomic E-state index is 12.0. The van der Waals surface area contributed by atoms with Crippen LogP contribution < -0.4 is 20.1 Å². The molecule has 1 aromatic carbocycles. The van der Waals surface area contributed by atoms with Gasteiger partial charge in [-0.1, -0.05) is 6.07 Å². The molecule has 0 aliphatic carbocycles. The first-order valence-electron chi connectivity index (χ1n) is 7.81. The number of nitrogens with zero attached hydrogens (tertiary/aromatic N) is 1. The Labute approximate surface area is 146 Å². The molecule has 0 unspecified atom stereocenters. The summed E-state index contributed by atoms with van der Waals surface area (Å²) in [6, 6.07) is 10.6. The molecule has 0 saturated heterocycles. The fourth-order valence-electron chi connectivity index (χ4n) is 2.12. The van der Waals surface area contributed by atoms with E-state index in [9.17, 15) is 9.59 Å². The van der Waals surface area contributed by atoms with E-state index in [1.54, 1.807) is 31.5 Å². The zero-order chi connectivity index (χ0) is 18.1. The van der Waals surface area contributed by atoms with Crippen molar-refractivity contribution in [1.82, 2.24) is 10.3 Å². The van der Waals surface area contributed by atoms with Crippen LogP contribution in [0.4, 0.5) is 5.69 Å². The van der Waals surface area contributed by atoms with Crippen molar-refractivity contribution in [3.8, 4) is 11.5 Å². The summed E-state index contributed by atoms with van der Waals surface area (Å²) in [6.07, 6.45) is 1.83. The van der Waals surface area contributed by atoms with E-state index in [1.165, 1.54) is 7.11 Å². The number of anilines is 1. The normalized spacial score (nSPS) is 10.0. The number of hydrogen-bond acceptors (Lipinski definition) is 5. The zero-order valence-corrected chi connectivity index (χ0v) is 14.2. The number of pyridine rings is 1. The van der Waals surface area contributed by atoms with Gasteiger partial charge in [-0.05, 0) is 24.3 Å². The van der Waals surface area contributed by atoms with Crippen LogP contribution >= 0.6 is 0 Å². The predicted octanol–water partition coefficient (Wildman–Crippen LogP) is 2.13.